The maximum Gasteiger partial charge on any atom is 0.135 e. The lowest BCUT2D eigenvalue weighted by Crippen LogP contribution is -2.44. The van der Waals surface area contributed by atoms with Gasteiger partial charge in [-0.3, -0.25) is 9.69 Å². The molecule has 22 heavy (non-hydrogen) atoms. The van der Waals surface area contributed by atoms with Gasteiger partial charge in [-0.25, -0.2) is 0 Å². The summed E-state index contributed by atoms with van der Waals surface area (Å²) in [6.45, 7) is 13.7. The molecular weight excluding hydrogens is 278 g/mol. The Morgan fingerprint density at radius 2 is 2.05 bits per heavy atom. The third-order valence-electron chi connectivity index (χ3n) is 4.20. The van der Waals surface area contributed by atoms with Crippen molar-refractivity contribution in [2.24, 2.45) is 11.8 Å². The first-order valence-electron chi connectivity index (χ1n) is 8.93. The Bertz CT molecular complexity index is 305. The molecule has 0 unspecified atom stereocenters. The van der Waals surface area contributed by atoms with Crippen LogP contribution in [0, 0.1) is 11.8 Å². The number of hydrogen-bond donors (Lipinski definition) is 0. The molecule has 4 heteroatoms. The van der Waals surface area contributed by atoms with Gasteiger partial charge in [0.2, 0.25) is 0 Å². The molecule has 130 valence electrons. The van der Waals surface area contributed by atoms with Gasteiger partial charge in [0.25, 0.3) is 0 Å². The zero-order valence-corrected chi connectivity index (χ0v) is 15.0. The first kappa shape index (κ1) is 19.6. The SMILES string of the molecule is CC(C)CCCOCCN1CCO[C@H](CCC(=O)C(C)C)C1. The number of rotatable bonds is 11. The first-order valence-corrected chi connectivity index (χ1v) is 8.93. The van der Waals surface area contributed by atoms with E-state index in [2.05, 4.69) is 18.7 Å². The summed E-state index contributed by atoms with van der Waals surface area (Å²) in [4.78, 5) is 14.1. The van der Waals surface area contributed by atoms with Crippen molar-refractivity contribution in [3.05, 3.63) is 0 Å². The van der Waals surface area contributed by atoms with Crippen LogP contribution in [0.1, 0.15) is 53.4 Å². The Morgan fingerprint density at radius 1 is 1.27 bits per heavy atom. The number of hydrogen-bond acceptors (Lipinski definition) is 4. The number of ether oxygens (including phenoxy) is 2. The fourth-order valence-corrected chi connectivity index (χ4v) is 2.64. The molecule has 0 N–H and O–H groups in total. The molecule has 0 bridgehead atoms. The standard InChI is InChI=1S/C18H35NO3/c1-15(2)6-5-11-21-12-9-19-10-13-22-17(14-19)7-8-18(20)16(3)4/h15-17H,5-14H2,1-4H3/t17-/m1/s1. The molecule has 0 spiro atoms. The fourth-order valence-electron chi connectivity index (χ4n) is 2.64. The summed E-state index contributed by atoms with van der Waals surface area (Å²) in [6.07, 6.45) is 4.09. The van der Waals surface area contributed by atoms with Crippen molar-refractivity contribution in [2.75, 3.05) is 39.5 Å². The quantitative estimate of drug-likeness (QED) is 0.549. The van der Waals surface area contributed by atoms with Crippen molar-refractivity contribution in [3.8, 4) is 0 Å². The number of Topliss-reactive ketones (excluding diaryl/α,β-unsaturated/α-hetero) is 1. The lowest BCUT2D eigenvalue weighted by Gasteiger charge is -2.32. The smallest absolute Gasteiger partial charge is 0.135 e. The zero-order valence-electron chi connectivity index (χ0n) is 15.0. The normalized spacial score (nSPS) is 20.0. The number of morpholine rings is 1. The first-order chi connectivity index (χ1) is 10.5. The Morgan fingerprint density at radius 3 is 2.73 bits per heavy atom. The maximum absolute atomic E-state index is 11.7. The molecule has 0 aromatic rings. The minimum absolute atomic E-state index is 0.138. The number of ketones is 1. The number of carbonyl (C=O) groups is 1. The second-order valence-corrected chi connectivity index (χ2v) is 7.10. The topological polar surface area (TPSA) is 38.8 Å². The van der Waals surface area contributed by atoms with Gasteiger partial charge in [0.05, 0.1) is 19.3 Å². The van der Waals surface area contributed by atoms with Crippen molar-refractivity contribution in [1.82, 2.24) is 4.90 Å². The Hall–Kier alpha value is -0.450. The lowest BCUT2D eigenvalue weighted by molar-refractivity contribution is -0.123. The van der Waals surface area contributed by atoms with E-state index in [1.54, 1.807) is 0 Å². The summed E-state index contributed by atoms with van der Waals surface area (Å²) in [5, 5.41) is 0. The van der Waals surface area contributed by atoms with Crippen molar-refractivity contribution in [2.45, 2.75) is 59.5 Å². The molecule has 1 fully saturated rings. The Kier molecular flexibility index (Phi) is 9.92. The van der Waals surface area contributed by atoms with Crippen LogP contribution in [-0.4, -0.2) is 56.2 Å². The van der Waals surface area contributed by atoms with Gasteiger partial charge in [-0.1, -0.05) is 27.7 Å². The molecule has 0 radical (unpaired) electrons. The van der Waals surface area contributed by atoms with E-state index in [4.69, 9.17) is 9.47 Å². The van der Waals surface area contributed by atoms with Gasteiger partial charge in [0, 0.05) is 38.6 Å². The van der Waals surface area contributed by atoms with Crippen LogP contribution in [0.5, 0.6) is 0 Å². The predicted molar refractivity (Wildman–Crippen MR) is 90.2 cm³/mol. The van der Waals surface area contributed by atoms with E-state index in [1.807, 2.05) is 13.8 Å². The minimum Gasteiger partial charge on any atom is -0.380 e. The van der Waals surface area contributed by atoms with Crippen LogP contribution in [0.25, 0.3) is 0 Å². The third-order valence-corrected chi connectivity index (χ3v) is 4.20. The van der Waals surface area contributed by atoms with Crippen molar-refractivity contribution in [1.29, 1.82) is 0 Å². The van der Waals surface area contributed by atoms with Crippen LogP contribution in [-0.2, 0) is 14.3 Å². The summed E-state index contributed by atoms with van der Waals surface area (Å²) in [6, 6.07) is 0. The van der Waals surface area contributed by atoms with E-state index in [-0.39, 0.29) is 12.0 Å². The molecule has 1 rings (SSSR count). The van der Waals surface area contributed by atoms with E-state index in [1.165, 1.54) is 6.42 Å². The molecule has 1 heterocycles. The second-order valence-electron chi connectivity index (χ2n) is 7.10. The largest absolute Gasteiger partial charge is 0.380 e. The summed E-state index contributed by atoms with van der Waals surface area (Å²) in [7, 11) is 0. The van der Waals surface area contributed by atoms with Crippen LogP contribution in [0.3, 0.4) is 0 Å². The second kappa shape index (κ2) is 11.1. The van der Waals surface area contributed by atoms with Gasteiger partial charge < -0.3 is 9.47 Å². The van der Waals surface area contributed by atoms with Gasteiger partial charge in [-0.05, 0) is 25.2 Å². The molecule has 0 aliphatic carbocycles. The zero-order chi connectivity index (χ0) is 16.4. The van der Waals surface area contributed by atoms with Crippen LogP contribution in [0.4, 0.5) is 0 Å². The molecule has 1 saturated heterocycles. The Labute approximate surface area is 136 Å². The highest BCUT2D eigenvalue weighted by atomic mass is 16.5. The Balaban J connectivity index is 2.09. The molecule has 4 nitrogen and oxygen atoms in total. The summed E-state index contributed by atoms with van der Waals surface area (Å²) in [5.74, 6) is 1.24. The van der Waals surface area contributed by atoms with Gasteiger partial charge in [-0.15, -0.1) is 0 Å². The fraction of sp³-hybridized carbons (Fsp3) is 0.944. The van der Waals surface area contributed by atoms with E-state index >= 15 is 0 Å². The van der Waals surface area contributed by atoms with E-state index in [9.17, 15) is 4.79 Å². The van der Waals surface area contributed by atoms with Crippen LogP contribution in [0.15, 0.2) is 0 Å². The van der Waals surface area contributed by atoms with Crippen molar-refractivity contribution in [3.63, 3.8) is 0 Å². The molecule has 1 atom stereocenters. The van der Waals surface area contributed by atoms with Crippen LogP contribution < -0.4 is 0 Å². The van der Waals surface area contributed by atoms with Gasteiger partial charge in [0.1, 0.15) is 5.78 Å². The summed E-state index contributed by atoms with van der Waals surface area (Å²) >= 11 is 0. The van der Waals surface area contributed by atoms with Crippen LogP contribution >= 0.6 is 0 Å². The highest BCUT2D eigenvalue weighted by Gasteiger charge is 2.21. The van der Waals surface area contributed by atoms with Gasteiger partial charge >= 0.3 is 0 Å². The maximum atomic E-state index is 11.7. The molecule has 0 aromatic heterocycles. The lowest BCUT2D eigenvalue weighted by atomic mass is 10.0. The average Bonchev–Trinajstić information content (AvgIpc) is 2.48. The van der Waals surface area contributed by atoms with E-state index < -0.39 is 0 Å². The highest BCUT2D eigenvalue weighted by molar-refractivity contribution is 5.80. The summed E-state index contributed by atoms with van der Waals surface area (Å²) < 4.78 is 11.5. The van der Waals surface area contributed by atoms with Gasteiger partial charge in [-0.2, -0.15) is 0 Å². The van der Waals surface area contributed by atoms with Crippen LogP contribution in [0.2, 0.25) is 0 Å². The molecule has 1 aliphatic heterocycles. The van der Waals surface area contributed by atoms with E-state index in [0.29, 0.717) is 12.2 Å². The molecular formula is C18H35NO3. The molecule has 0 amide bonds. The number of carbonyl (C=O) groups excluding carboxylic acids is 1. The molecule has 0 saturated carbocycles. The monoisotopic (exact) mass is 313 g/mol. The minimum atomic E-state index is 0.138. The number of nitrogens with zero attached hydrogens (tertiary/aromatic N) is 1. The van der Waals surface area contributed by atoms with Gasteiger partial charge in [0.15, 0.2) is 0 Å². The molecule has 0 aromatic carbocycles. The van der Waals surface area contributed by atoms with Crippen molar-refractivity contribution < 1.29 is 14.3 Å². The van der Waals surface area contributed by atoms with E-state index in [0.717, 1.165) is 58.2 Å². The highest BCUT2D eigenvalue weighted by Crippen LogP contribution is 2.12. The predicted octanol–water partition coefficient (Wildman–Crippen LogP) is 3.15. The summed E-state index contributed by atoms with van der Waals surface area (Å²) in [5.41, 5.74) is 0. The average molecular weight is 313 g/mol. The third kappa shape index (κ3) is 8.86. The van der Waals surface area contributed by atoms with Crippen molar-refractivity contribution >= 4 is 5.78 Å². The molecule has 1 aliphatic rings.